The molecule has 1 aromatic carbocycles. The first-order chi connectivity index (χ1) is 8.17. The van der Waals surface area contributed by atoms with E-state index in [1.165, 1.54) is 11.1 Å². The van der Waals surface area contributed by atoms with Crippen LogP contribution in [0.2, 0.25) is 0 Å². The average Bonchev–Trinajstić information content (AvgIpc) is 2.28. The Morgan fingerprint density at radius 1 is 1.00 bits per heavy atom. The van der Waals surface area contributed by atoms with E-state index in [2.05, 4.69) is 52.8 Å². The molecule has 0 aliphatic rings. The van der Waals surface area contributed by atoms with Gasteiger partial charge in [0.15, 0.2) is 11.6 Å². The van der Waals surface area contributed by atoms with Gasteiger partial charge in [0.25, 0.3) is 0 Å². The highest BCUT2D eigenvalue weighted by molar-refractivity contribution is 5.58. The van der Waals surface area contributed by atoms with Gasteiger partial charge in [-0.3, -0.25) is 4.98 Å². The molecule has 0 fully saturated rings. The summed E-state index contributed by atoms with van der Waals surface area (Å²) >= 11 is 0. The van der Waals surface area contributed by atoms with Gasteiger partial charge in [-0.15, -0.1) is 0 Å². The van der Waals surface area contributed by atoms with Crippen LogP contribution >= 0.6 is 0 Å². The number of aromatic nitrogens is 2. The lowest BCUT2D eigenvalue weighted by Gasteiger charge is -2.08. The molecule has 0 saturated carbocycles. The monoisotopic (exact) mass is 229 g/mol. The van der Waals surface area contributed by atoms with E-state index in [0.29, 0.717) is 11.6 Å². The van der Waals surface area contributed by atoms with Crippen molar-refractivity contribution in [3.8, 4) is 0 Å². The van der Waals surface area contributed by atoms with Crippen molar-refractivity contribution in [3.05, 3.63) is 41.7 Å². The van der Waals surface area contributed by atoms with Crippen molar-refractivity contribution >= 4 is 17.3 Å². The van der Waals surface area contributed by atoms with E-state index in [-0.39, 0.29) is 0 Å². The summed E-state index contributed by atoms with van der Waals surface area (Å²) in [6.45, 7) is 4.11. The van der Waals surface area contributed by atoms with Gasteiger partial charge in [0, 0.05) is 5.69 Å². The van der Waals surface area contributed by atoms with Crippen LogP contribution in [-0.4, -0.2) is 9.97 Å². The number of hydrazine groups is 1. The zero-order chi connectivity index (χ0) is 12.3. The molecule has 1 heterocycles. The molecule has 1 aromatic heterocycles. The SMILES string of the molecule is Cc1cc(C)cc(Nc2cncc(NN)n2)c1. The van der Waals surface area contributed by atoms with Gasteiger partial charge in [0.2, 0.25) is 0 Å². The maximum Gasteiger partial charge on any atom is 0.160 e. The van der Waals surface area contributed by atoms with Gasteiger partial charge >= 0.3 is 0 Å². The van der Waals surface area contributed by atoms with Crippen molar-refractivity contribution in [1.29, 1.82) is 0 Å². The van der Waals surface area contributed by atoms with Crippen molar-refractivity contribution in [3.63, 3.8) is 0 Å². The van der Waals surface area contributed by atoms with Gasteiger partial charge in [0.1, 0.15) is 0 Å². The van der Waals surface area contributed by atoms with Crippen LogP contribution in [0.4, 0.5) is 17.3 Å². The molecular weight excluding hydrogens is 214 g/mol. The number of nitrogens with two attached hydrogens (primary N) is 1. The largest absolute Gasteiger partial charge is 0.339 e. The normalized spacial score (nSPS) is 10.1. The lowest BCUT2D eigenvalue weighted by atomic mass is 10.1. The van der Waals surface area contributed by atoms with E-state index in [1.807, 2.05) is 0 Å². The first kappa shape index (κ1) is 11.3. The third-order valence-electron chi connectivity index (χ3n) is 2.28. The molecular formula is C12H15N5. The van der Waals surface area contributed by atoms with Crippen LogP contribution in [-0.2, 0) is 0 Å². The Balaban J connectivity index is 2.24. The summed E-state index contributed by atoms with van der Waals surface area (Å²) in [5.41, 5.74) is 5.86. The molecule has 2 aromatic rings. The molecule has 5 heteroatoms. The average molecular weight is 229 g/mol. The van der Waals surface area contributed by atoms with E-state index in [1.54, 1.807) is 12.4 Å². The molecule has 0 bridgehead atoms. The van der Waals surface area contributed by atoms with Gasteiger partial charge < -0.3 is 10.7 Å². The highest BCUT2D eigenvalue weighted by atomic mass is 15.3. The summed E-state index contributed by atoms with van der Waals surface area (Å²) in [5.74, 6) is 6.47. The molecule has 0 saturated heterocycles. The molecule has 0 spiro atoms. The van der Waals surface area contributed by atoms with E-state index >= 15 is 0 Å². The van der Waals surface area contributed by atoms with Gasteiger partial charge in [-0.05, 0) is 37.1 Å². The van der Waals surface area contributed by atoms with E-state index < -0.39 is 0 Å². The molecule has 4 N–H and O–H groups in total. The number of hydrogen-bond acceptors (Lipinski definition) is 5. The highest BCUT2D eigenvalue weighted by Crippen LogP contribution is 2.18. The van der Waals surface area contributed by atoms with Crippen LogP contribution in [0.15, 0.2) is 30.6 Å². The number of hydrogen-bond donors (Lipinski definition) is 3. The molecule has 0 amide bonds. The molecule has 0 aliphatic heterocycles. The summed E-state index contributed by atoms with van der Waals surface area (Å²) in [4.78, 5) is 8.27. The van der Waals surface area contributed by atoms with Gasteiger partial charge in [-0.25, -0.2) is 10.8 Å². The molecule has 0 unspecified atom stereocenters. The Kier molecular flexibility index (Phi) is 3.20. The Labute approximate surface area is 100 Å². The van der Waals surface area contributed by atoms with E-state index in [0.717, 1.165) is 5.69 Å². The third kappa shape index (κ3) is 2.92. The molecule has 0 aliphatic carbocycles. The lowest BCUT2D eigenvalue weighted by Crippen LogP contribution is -2.09. The van der Waals surface area contributed by atoms with Gasteiger partial charge in [0.05, 0.1) is 12.4 Å². The molecule has 88 valence electrons. The standard InChI is InChI=1S/C12H15N5/c1-8-3-9(2)5-10(4-8)15-11-6-14-7-12(16-11)17-13/h3-7H,13H2,1-2H3,(H2,15,16,17). The Bertz CT molecular complexity index is 504. The second-order valence-electron chi connectivity index (χ2n) is 3.94. The van der Waals surface area contributed by atoms with E-state index in [9.17, 15) is 0 Å². The molecule has 17 heavy (non-hydrogen) atoms. The van der Waals surface area contributed by atoms with Crippen molar-refractivity contribution in [2.75, 3.05) is 10.7 Å². The minimum atomic E-state index is 0.527. The summed E-state index contributed by atoms with van der Waals surface area (Å²) in [5, 5.41) is 3.19. The van der Waals surface area contributed by atoms with Crippen molar-refractivity contribution in [2.24, 2.45) is 5.84 Å². The van der Waals surface area contributed by atoms with Crippen LogP contribution in [0.25, 0.3) is 0 Å². The zero-order valence-corrected chi connectivity index (χ0v) is 9.86. The quantitative estimate of drug-likeness (QED) is 0.555. The number of aryl methyl sites for hydroxylation is 2. The summed E-state index contributed by atoms with van der Waals surface area (Å²) in [6, 6.07) is 6.23. The Morgan fingerprint density at radius 2 is 1.65 bits per heavy atom. The Morgan fingerprint density at radius 3 is 2.29 bits per heavy atom. The minimum Gasteiger partial charge on any atom is -0.339 e. The summed E-state index contributed by atoms with van der Waals surface area (Å²) < 4.78 is 0. The first-order valence-corrected chi connectivity index (χ1v) is 5.31. The maximum atomic E-state index is 5.28. The lowest BCUT2D eigenvalue weighted by molar-refractivity contribution is 1.16. The Hall–Kier alpha value is -2.14. The van der Waals surface area contributed by atoms with Crippen LogP contribution in [0.3, 0.4) is 0 Å². The number of anilines is 3. The van der Waals surface area contributed by atoms with Gasteiger partial charge in [-0.2, -0.15) is 0 Å². The predicted molar refractivity (Wildman–Crippen MR) is 69.0 cm³/mol. The second kappa shape index (κ2) is 4.80. The van der Waals surface area contributed by atoms with Gasteiger partial charge in [-0.1, -0.05) is 6.07 Å². The van der Waals surface area contributed by atoms with Crippen LogP contribution in [0.5, 0.6) is 0 Å². The third-order valence-corrected chi connectivity index (χ3v) is 2.28. The number of nitrogens with one attached hydrogen (secondary N) is 2. The highest BCUT2D eigenvalue weighted by Gasteiger charge is 1.99. The molecule has 0 radical (unpaired) electrons. The number of nitrogen functional groups attached to an aromatic ring is 1. The molecule has 0 atom stereocenters. The van der Waals surface area contributed by atoms with Crippen molar-refractivity contribution < 1.29 is 0 Å². The fourth-order valence-corrected chi connectivity index (χ4v) is 1.69. The van der Waals surface area contributed by atoms with Crippen molar-refractivity contribution in [2.45, 2.75) is 13.8 Å². The van der Waals surface area contributed by atoms with Crippen LogP contribution < -0.4 is 16.6 Å². The van der Waals surface area contributed by atoms with Crippen LogP contribution in [0.1, 0.15) is 11.1 Å². The topological polar surface area (TPSA) is 75.9 Å². The number of benzene rings is 1. The predicted octanol–water partition coefficient (Wildman–Crippen LogP) is 2.12. The fourth-order valence-electron chi connectivity index (χ4n) is 1.69. The van der Waals surface area contributed by atoms with Crippen LogP contribution in [0, 0.1) is 13.8 Å². The number of nitrogens with zero attached hydrogens (tertiary/aromatic N) is 2. The molecule has 5 nitrogen and oxygen atoms in total. The van der Waals surface area contributed by atoms with E-state index in [4.69, 9.17) is 5.84 Å². The fraction of sp³-hybridized carbons (Fsp3) is 0.167. The second-order valence-corrected chi connectivity index (χ2v) is 3.94. The smallest absolute Gasteiger partial charge is 0.160 e. The molecule has 2 rings (SSSR count). The maximum absolute atomic E-state index is 5.28. The summed E-state index contributed by atoms with van der Waals surface area (Å²) in [7, 11) is 0. The zero-order valence-electron chi connectivity index (χ0n) is 9.86. The summed E-state index contributed by atoms with van der Waals surface area (Å²) in [6.07, 6.45) is 3.21. The number of rotatable bonds is 3. The minimum absolute atomic E-state index is 0.527. The first-order valence-electron chi connectivity index (χ1n) is 5.31. The van der Waals surface area contributed by atoms with Crippen molar-refractivity contribution in [1.82, 2.24) is 9.97 Å².